The first-order valence-corrected chi connectivity index (χ1v) is 7.73. The van der Waals surface area contributed by atoms with Crippen LogP contribution in [0.2, 0.25) is 5.02 Å². The minimum atomic E-state index is -0.259. The minimum absolute atomic E-state index is 0.0658. The molecule has 1 unspecified atom stereocenters. The molecule has 6 heteroatoms. The zero-order valence-corrected chi connectivity index (χ0v) is 12.7. The molecule has 2 saturated heterocycles. The average Bonchev–Trinajstić information content (AvgIpc) is 3.19. The molecule has 1 aromatic carbocycles. The molecule has 0 bridgehead atoms. The molecule has 114 valence electrons. The number of nitrogens with one attached hydrogen (secondary N) is 1. The van der Waals surface area contributed by atoms with Gasteiger partial charge in [0, 0.05) is 24.9 Å². The first-order valence-electron chi connectivity index (χ1n) is 7.35. The number of carbonyl (C=O) groups excluding carboxylic acids is 2. The van der Waals surface area contributed by atoms with Crippen LogP contribution in [0.3, 0.4) is 0 Å². The van der Waals surface area contributed by atoms with Crippen LogP contribution in [0.5, 0.6) is 0 Å². The monoisotopic (exact) mass is 318 g/mol. The highest BCUT2D eigenvalue weighted by atomic mass is 35.5. The highest BCUT2D eigenvalue weighted by Gasteiger charge is 2.45. The summed E-state index contributed by atoms with van der Waals surface area (Å²) in [6.45, 7) is 1.12. The van der Waals surface area contributed by atoms with Gasteiger partial charge in [0.1, 0.15) is 5.58 Å². The van der Waals surface area contributed by atoms with Crippen molar-refractivity contribution in [3.63, 3.8) is 0 Å². The molecule has 2 aliphatic heterocycles. The summed E-state index contributed by atoms with van der Waals surface area (Å²) in [5, 5.41) is 4.11. The summed E-state index contributed by atoms with van der Waals surface area (Å²) in [6.07, 6.45) is 2.10. The number of rotatable bonds is 1. The molecule has 3 heterocycles. The number of nitrogens with zero attached hydrogens (tertiary/aromatic N) is 1. The maximum Gasteiger partial charge on any atom is 0.291 e. The third-order valence-corrected chi connectivity index (χ3v) is 4.98. The number of hydrogen-bond acceptors (Lipinski definition) is 3. The van der Waals surface area contributed by atoms with Crippen LogP contribution in [0.15, 0.2) is 28.7 Å². The van der Waals surface area contributed by atoms with Gasteiger partial charge in [-0.25, -0.2) is 0 Å². The lowest BCUT2D eigenvalue weighted by Crippen LogP contribution is -2.44. The zero-order chi connectivity index (χ0) is 15.3. The average molecular weight is 319 g/mol. The molecule has 4 rings (SSSR count). The van der Waals surface area contributed by atoms with E-state index in [1.807, 2.05) is 18.2 Å². The SMILES string of the molecule is O=C1CCC2(CCN(C(=O)c3oc4ccccc4c3Cl)C2)N1. The summed E-state index contributed by atoms with van der Waals surface area (Å²) in [5.74, 6) is 0.0412. The Balaban J connectivity index is 1.62. The summed E-state index contributed by atoms with van der Waals surface area (Å²) in [6, 6.07) is 7.33. The summed E-state index contributed by atoms with van der Waals surface area (Å²) < 4.78 is 5.63. The lowest BCUT2D eigenvalue weighted by atomic mass is 9.97. The second-order valence-electron chi connectivity index (χ2n) is 6.05. The van der Waals surface area contributed by atoms with Gasteiger partial charge in [-0.2, -0.15) is 0 Å². The number of amides is 2. The predicted molar refractivity (Wildman–Crippen MR) is 81.9 cm³/mol. The van der Waals surface area contributed by atoms with Crippen LogP contribution in [0.4, 0.5) is 0 Å². The molecule has 0 radical (unpaired) electrons. The Labute approximate surface area is 132 Å². The highest BCUT2D eigenvalue weighted by Crippen LogP contribution is 2.35. The van der Waals surface area contributed by atoms with Crippen molar-refractivity contribution in [2.45, 2.75) is 24.8 Å². The van der Waals surface area contributed by atoms with Crippen molar-refractivity contribution in [1.29, 1.82) is 0 Å². The number of likely N-dealkylation sites (tertiary alicyclic amines) is 1. The van der Waals surface area contributed by atoms with E-state index in [4.69, 9.17) is 16.0 Å². The summed E-state index contributed by atoms with van der Waals surface area (Å²) in [7, 11) is 0. The molecule has 0 saturated carbocycles. The topological polar surface area (TPSA) is 62.6 Å². The Morgan fingerprint density at radius 3 is 2.86 bits per heavy atom. The number of para-hydroxylation sites is 1. The van der Waals surface area contributed by atoms with Crippen LogP contribution < -0.4 is 5.32 Å². The van der Waals surface area contributed by atoms with E-state index in [9.17, 15) is 9.59 Å². The predicted octanol–water partition coefficient (Wildman–Crippen LogP) is 2.58. The Bertz CT molecular complexity index is 785. The van der Waals surface area contributed by atoms with Crippen molar-refractivity contribution in [2.75, 3.05) is 13.1 Å². The van der Waals surface area contributed by atoms with Crippen LogP contribution in [-0.4, -0.2) is 35.3 Å². The van der Waals surface area contributed by atoms with Gasteiger partial charge in [0.05, 0.1) is 10.6 Å². The van der Waals surface area contributed by atoms with Crippen molar-refractivity contribution in [1.82, 2.24) is 10.2 Å². The first kappa shape index (κ1) is 13.6. The van der Waals surface area contributed by atoms with Crippen LogP contribution in [0.25, 0.3) is 11.0 Å². The molecular formula is C16H15ClN2O3. The molecule has 1 aromatic heterocycles. The summed E-state index contributed by atoms with van der Waals surface area (Å²) in [4.78, 5) is 25.9. The molecule has 1 N–H and O–H groups in total. The Morgan fingerprint density at radius 1 is 1.32 bits per heavy atom. The Kier molecular flexibility index (Phi) is 2.94. The van der Waals surface area contributed by atoms with E-state index in [-0.39, 0.29) is 23.1 Å². The van der Waals surface area contributed by atoms with Gasteiger partial charge in [-0.3, -0.25) is 9.59 Å². The van der Waals surface area contributed by atoms with Gasteiger partial charge in [0.2, 0.25) is 11.7 Å². The quantitative estimate of drug-likeness (QED) is 0.879. The molecule has 22 heavy (non-hydrogen) atoms. The van der Waals surface area contributed by atoms with Crippen LogP contribution >= 0.6 is 11.6 Å². The Morgan fingerprint density at radius 2 is 2.14 bits per heavy atom. The number of furan rings is 1. The van der Waals surface area contributed by atoms with Crippen molar-refractivity contribution in [2.24, 2.45) is 0 Å². The molecular weight excluding hydrogens is 304 g/mol. The molecule has 1 spiro atoms. The number of benzene rings is 1. The normalized spacial score (nSPS) is 24.4. The number of carbonyl (C=O) groups is 2. The first-order chi connectivity index (χ1) is 10.6. The van der Waals surface area contributed by atoms with E-state index in [0.29, 0.717) is 30.1 Å². The van der Waals surface area contributed by atoms with Crippen molar-refractivity contribution in [3.05, 3.63) is 35.0 Å². The van der Waals surface area contributed by atoms with E-state index in [2.05, 4.69) is 5.32 Å². The number of fused-ring (bicyclic) bond motifs is 1. The minimum Gasteiger partial charge on any atom is -0.449 e. The number of hydrogen-bond donors (Lipinski definition) is 1. The van der Waals surface area contributed by atoms with Crippen molar-refractivity contribution in [3.8, 4) is 0 Å². The van der Waals surface area contributed by atoms with E-state index in [1.54, 1.807) is 11.0 Å². The molecule has 5 nitrogen and oxygen atoms in total. The van der Waals surface area contributed by atoms with Crippen LogP contribution in [0, 0.1) is 0 Å². The standard InChI is InChI=1S/C16H15ClN2O3/c17-13-10-3-1-2-4-11(10)22-14(13)15(21)19-8-7-16(9-19)6-5-12(20)18-16/h1-4H,5-9H2,(H,18,20). The van der Waals surface area contributed by atoms with Gasteiger partial charge in [-0.1, -0.05) is 23.7 Å². The molecule has 1 atom stereocenters. The van der Waals surface area contributed by atoms with E-state index >= 15 is 0 Å². The van der Waals surface area contributed by atoms with E-state index in [1.165, 1.54) is 0 Å². The molecule has 2 aliphatic rings. The fourth-order valence-corrected chi connectivity index (χ4v) is 3.70. The Hall–Kier alpha value is -2.01. The lowest BCUT2D eigenvalue weighted by molar-refractivity contribution is -0.119. The van der Waals surface area contributed by atoms with Crippen LogP contribution in [-0.2, 0) is 4.79 Å². The smallest absolute Gasteiger partial charge is 0.291 e. The van der Waals surface area contributed by atoms with Gasteiger partial charge in [0.15, 0.2) is 0 Å². The van der Waals surface area contributed by atoms with Gasteiger partial charge >= 0.3 is 0 Å². The molecule has 0 aliphatic carbocycles. The van der Waals surface area contributed by atoms with Crippen LogP contribution in [0.1, 0.15) is 29.8 Å². The third-order valence-electron chi connectivity index (χ3n) is 4.61. The zero-order valence-electron chi connectivity index (χ0n) is 11.9. The number of halogens is 1. The maximum absolute atomic E-state index is 12.7. The fourth-order valence-electron chi connectivity index (χ4n) is 3.42. The maximum atomic E-state index is 12.7. The third kappa shape index (κ3) is 2.00. The second kappa shape index (κ2) is 4.74. The van der Waals surface area contributed by atoms with E-state index < -0.39 is 0 Å². The van der Waals surface area contributed by atoms with Crippen molar-refractivity contribution < 1.29 is 14.0 Å². The van der Waals surface area contributed by atoms with Gasteiger partial charge in [-0.05, 0) is 25.0 Å². The van der Waals surface area contributed by atoms with Gasteiger partial charge < -0.3 is 14.6 Å². The fraction of sp³-hybridized carbons (Fsp3) is 0.375. The van der Waals surface area contributed by atoms with E-state index in [0.717, 1.165) is 18.2 Å². The molecule has 2 amide bonds. The second-order valence-corrected chi connectivity index (χ2v) is 6.42. The summed E-state index contributed by atoms with van der Waals surface area (Å²) >= 11 is 6.29. The van der Waals surface area contributed by atoms with Crippen molar-refractivity contribution >= 4 is 34.4 Å². The summed E-state index contributed by atoms with van der Waals surface area (Å²) in [5.41, 5.74) is 0.351. The largest absolute Gasteiger partial charge is 0.449 e. The van der Waals surface area contributed by atoms with Gasteiger partial charge in [-0.15, -0.1) is 0 Å². The highest BCUT2D eigenvalue weighted by molar-refractivity contribution is 6.38. The van der Waals surface area contributed by atoms with Gasteiger partial charge in [0.25, 0.3) is 5.91 Å². The lowest BCUT2D eigenvalue weighted by Gasteiger charge is -2.23. The molecule has 2 fully saturated rings. The molecule has 2 aromatic rings.